The first-order chi connectivity index (χ1) is 17.5. The Hall–Kier alpha value is -4.42. The molecule has 1 N–H and O–H groups in total. The molecule has 0 bridgehead atoms. The van der Waals surface area contributed by atoms with Crippen LogP contribution in [0.2, 0.25) is 0 Å². The molecule has 0 spiro atoms. The molecule has 0 aliphatic rings. The standard InChI is InChI=1S/C27H27N5O4/c1-3-24(25-30-23-12-5-4-11-22(23)26(33)31(25)13-15-35-2)32(18-21-10-7-14-36-21)27(34)29-20-9-6-8-19(16-20)17-28/h4-12,14,16,24H,3,13,15,18H2,1-2H3,(H,29,34). The Balaban J connectivity index is 1.80. The number of hydrogen-bond donors (Lipinski definition) is 1. The molecule has 2 aromatic carbocycles. The predicted octanol–water partition coefficient (Wildman–Crippen LogP) is 4.69. The van der Waals surface area contributed by atoms with Crippen molar-refractivity contribution in [1.29, 1.82) is 5.26 Å². The summed E-state index contributed by atoms with van der Waals surface area (Å²) >= 11 is 0. The fourth-order valence-electron chi connectivity index (χ4n) is 4.14. The van der Waals surface area contributed by atoms with Crippen LogP contribution in [-0.4, -0.2) is 34.2 Å². The highest BCUT2D eigenvalue weighted by molar-refractivity contribution is 5.89. The highest BCUT2D eigenvalue weighted by atomic mass is 16.5. The van der Waals surface area contributed by atoms with Gasteiger partial charge in [0.1, 0.15) is 11.6 Å². The molecule has 9 nitrogen and oxygen atoms in total. The van der Waals surface area contributed by atoms with Crippen LogP contribution in [0.25, 0.3) is 10.9 Å². The number of aromatic nitrogens is 2. The smallest absolute Gasteiger partial charge is 0.322 e. The SMILES string of the molecule is CCC(c1nc2ccccc2c(=O)n1CCOC)N(Cc1ccco1)C(=O)Nc1cccc(C#N)c1. The number of carbonyl (C=O) groups excluding carboxylic acids is 1. The molecule has 2 aromatic heterocycles. The van der Waals surface area contributed by atoms with Crippen molar-refractivity contribution in [3.63, 3.8) is 0 Å². The van der Waals surface area contributed by atoms with E-state index in [1.54, 1.807) is 77.4 Å². The summed E-state index contributed by atoms with van der Waals surface area (Å²) in [4.78, 5) is 33.5. The summed E-state index contributed by atoms with van der Waals surface area (Å²) in [6, 6.07) is 18.5. The van der Waals surface area contributed by atoms with Gasteiger partial charge < -0.3 is 19.4 Å². The Labute approximate surface area is 208 Å². The van der Waals surface area contributed by atoms with Gasteiger partial charge in [-0.2, -0.15) is 5.26 Å². The lowest BCUT2D eigenvalue weighted by molar-refractivity contribution is 0.161. The molecular formula is C27H27N5O4. The van der Waals surface area contributed by atoms with Crippen LogP contribution in [0, 0.1) is 11.3 Å². The zero-order valence-corrected chi connectivity index (χ0v) is 20.2. The number of fused-ring (bicyclic) bond motifs is 1. The topological polar surface area (TPSA) is 113 Å². The minimum atomic E-state index is -0.552. The molecule has 0 aliphatic heterocycles. The molecule has 1 atom stereocenters. The van der Waals surface area contributed by atoms with Gasteiger partial charge in [0.15, 0.2) is 0 Å². The number of furan rings is 1. The van der Waals surface area contributed by atoms with Crippen LogP contribution >= 0.6 is 0 Å². The first-order valence-electron chi connectivity index (χ1n) is 11.6. The number of anilines is 1. The van der Waals surface area contributed by atoms with E-state index >= 15 is 0 Å². The van der Waals surface area contributed by atoms with Crippen molar-refractivity contribution < 1.29 is 13.9 Å². The second kappa shape index (κ2) is 11.3. The van der Waals surface area contributed by atoms with Crippen LogP contribution in [0.1, 0.15) is 36.5 Å². The van der Waals surface area contributed by atoms with E-state index in [1.165, 1.54) is 0 Å². The maximum Gasteiger partial charge on any atom is 0.322 e. The summed E-state index contributed by atoms with van der Waals surface area (Å²) < 4.78 is 12.4. The molecule has 4 rings (SSSR count). The molecule has 2 amide bonds. The quantitative estimate of drug-likeness (QED) is 0.368. The molecule has 2 heterocycles. The van der Waals surface area contributed by atoms with Crippen molar-refractivity contribution in [3.05, 3.63) is 94.4 Å². The average Bonchev–Trinajstić information content (AvgIpc) is 3.42. The summed E-state index contributed by atoms with van der Waals surface area (Å²) in [5.41, 5.74) is 1.29. The number of hydrogen-bond acceptors (Lipinski definition) is 6. The fraction of sp³-hybridized carbons (Fsp3) is 0.259. The van der Waals surface area contributed by atoms with Gasteiger partial charge in [0, 0.05) is 12.8 Å². The van der Waals surface area contributed by atoms with Crippen molar-refractivity contribution in [2.24, 2.45) is 0 Å². The van der Waals surface area contributed by atoms with E-state index < -0.39 is 12.1 Å². The molecule has 4 aromatic rings. The number of rotatable bonds is 9. The minimum absolute atomic E-state index is 0.155. The molecule has 0 fully saturated rings. The number of benzene rings is 2. The molecule has 0 saturated heterocycles. The second-order valence-corrected chi connectivity index (χ2v) is 8.19. The van der Waals surface area contributed by atoms with E-state index in [1.807, 2.05) is 13.0 Å². The van der Waals surface area contributed by atoms with Crippen LogP contribution in [0.3, 0.4) is 0 Å². The summed E-state index contributed by atoms with van der Waals surface area (Å²) in [5, 5.41) is 12.6. The van der Waals surface area contributed by atoms with Gasteiger partial charge in [-0.05, 0) is 48.9 Å². The van der Waals surface area contributed by atoms with Gasteiger partial charge in [0.05, 0.1) is 54.5 Å². The number of nitrogens with zero attached hydrogens (tertiary/aromatic N) is 4. The number of ether oxygens (including phenoxy) is 1. The van der Waals surface area contributed by atoms with E-state index in [-0.39, 0.29) is 12.1 Å². The van der Waals surface area contributed by atoms with Crippen molar-refractivity contribution in [3.8, 4) is 6.07 Å². The summed E-state index contributed by atoms with van der Waals surface area (Å²) in [6.45, 7) is 2.70. The molecular weight excluding hydrogens is 458 g/mol. The normalized spacial score (nSPS) is 11.7. The van der Waals surface area contributed by atoms with Gasteiger partial charge in [-0.1, -0.05) is 25.1 Å². The molecule has 0 saturated carbocycles. The van der Waals surface area contributed by atoms with Crippen LogP contribution in [0.4, 0.5) is 10.5 Å². The van der Waals surface area contributed by atoms with Crippen molar-refractivity contribution in [1.82, 2.24) is 14.5 Å². The zero-order chi connectivity index (χ0) is 25.5. The number of urea groups is 1. The maximum atomic E-state index is 13.6. The van der Waals surface area contributed by atoms with Crippen molar-refractivity contribution >= 4 is 22.6 Å². The van der Waals surface area contributed by atoms with Gasteiger partial charge in [-0.3, -0.25) is 9.36 Å². The summed E-state index contributed by atoms with van der Waals surface area (Å²) in [6.07, 6.45) is 2.04. The van der Waals surface area contributed by atoms with Crippen LogP contribution in [-0.2, 0) is 17.8 Å². The predicted molar refractivity (Wildman–Crippen MR) is 135 cm³/mol. The third-order valence-corrected chi connectivity index (χ3v) is 5.88. The third kappa shape index (κ3) is 5.29. The number of methoxy groups -OCH3 is 1. The number of para-hydroxylation sites is 1. The maximum absolute atomic E-state index is 13.6. The van der Waals surface area contributed by atoms with Gasteiger partial charge in [-0.15, -0.1) is 0 Å². The Bertz CT molecular complexity index is 1440. The lowest BCUT2D eigenvalue weighted by Gasteiger charge is -2.32. The lowest BCUT2D eigenvalue weighted by atomic mass is 10.1. The van der Waals surface area contributed by atoms with Crippen LogP contribution in [0.5, 0.6) is 0 Å². The van der Waals surface area contributed by atoms with E-state index in [0.717, 1.165) is 0 Å². The molecule has 184 valence electrons. The molecule has 9 heteroatoms. The molecule has 1 unspecified atom stereocenters. The van der Waals surface area contributed by atoms with Crippen molar-refractivity contribution in [2.45, 2.75) is 32.5 Å². The number of carbonyl (C=O) groups is 1. The molecule has 0 aliphatic carbocycles. The van der Waals surface area contributed by atoms with Gasteiger partial charge in [-0.25, -0.2) is 9.78 Å². The number of amides is 2. The highest BCUT2D eigenvalue weighted by Gasteiger charge is 2.29. The van der Waals surface area contributed by atoms with Gasteiger partial charge >= 0.3 is 6.03 Å². The van der Waals surface area contributed by atoms with E-state index in [0.29, 0.717) is 53.3 Å². The first-order valence-corrected chi connectivity index (χ1v) is 11.6. The summed E-state index contributed by atoms with van der Waals surface area (Å²) in [5.74, 6) is 1.05. The van der Waals surface area contributed by atoms with Crippen molar-refractivity contribution in [2.75, 3.05) is 19.0 Å². The number of nitriles is 1. The Morgan fingerprint density at radius 2 is 2.06 bits per heavy atom. The largest absolute Gasteiger partial charge is 0.467 e. The van der Waals surface area contributed by atoms with Crippen LogP contribution in [0.15, 0.2) is 76.1 Å². The first kappa shape index (κ1) is 24.7. The second-order valence-electron chi connectivity index (χ2n) is 8.19. The Morgan fingerprint density at radius 3 is 2.78 bits per heavy atom. The average molecular weight is 486 g/mol. The molecule has 36 heavy (non-hydrogen) atoms. The fourth-order valence-corrected chi connectivity index (χ4v) is 4.14. The van der Waals surface area contributed by atoms with E-state index in [2.05, 4.69) is 11.4 Å². The monoisotopic (exact) mass is 485 g/mol. The third-order valence-electron chi connectivity index (χ3n) is 5.88. The van der Waals surface area contributed by atoms with E-state index in [4.69, 9.17) is 14.1 Å². The molecule has 0 radical (unpaired) electrons. The van der Waals surface area contributed by atoms with E-state index in [9.17, 15) is 14.9 Å². The Kier molecular flexibility index (Phi) is 7.78. The van der Waals surface area contributed by atoms with Gasteiger partial charge in [0.2, 0.25) is 0 Å². The zero-order valence-electron chi connectivity index (χ0n) is 20.2. The number of nitrogens with one attached hydrogen (secondary N) is 1. The Morgan fingerprint density at radius 1 is 1.22 bits per heavy atom. The summed E-state index contributed by atoms with van der Waals surface area (Å²) in [7, 11) is 1.57. The van der Waals surface area contributed by atoms with Crippen LogP contribution < -0.4 is 10.9 Å². The van der Waals surface area contributed by atoms with Gasteiger partial charge in [0.25, 0.3) is 5.56 Å². The lowest BCUT2D eigenvalue weighted by Crippen LogP contribution is -2.41. The minimum Gasteiger partial charge on any atom is -0.467 e. The highest BCUT2D eigenvalue weighted by Crippen LogP contribution is 2.27.